The minimum Gasteiger partial charge on any atom is -0.508 e. The van der Waals surface area contributed by atoms with Crippen LogP contribution in [0.15, 0.2) is 40.9 Å². The number of likely N-dealkylation sites (N-methyl/N-ethyl adjacent to an activating group) is 1. The van der Waals surface area contributed by atoms with E-state index in [0.717, 1.165) is 31.7 Å². The molecule has 1 fully saturated rings. The number of nitrogens with one attached hydrogen (secondary N) is 1. The van der Waals surface area contributed by atoms with Crippen molar-refractivity contribution in [3.05, 3.63) is 53.2 Å². The van der Waals surface area contributed by atoms with Gasteiger partial charge in [-0.3, -0.25) is 9.69 Å². The Balaban J connectivity index is 1.78. The van der Waals surface area contributed by atoms with Crippen molar-refractivity contribution in [2.24, 2.45) is 0 Å². The Labute approximate surface area is 210 Å². The number of benzene rings is 2. The maximum atomic E-state index is 12.6. The molecule has 1 amide bonds. The van der Waals surface area contributed by atoms with E-state index in [-0.39, 0.29) is 34.9 Å². The fourth-order valence-electron chi connectivity index (χ4n) is 4.53. The highest BCUT2D eigenvalue weighted by Gasteiger charge is 2.28. The van der Waals surface area contributed by atoms with Crippen molar-refractivity contribution in [3.63, 3.8) is 0 Å². The molecule has 3 N–H and O–H groups in total. The van der Waals surface area contributed by atoms with Crippen molar-refractivity contribution in [3.8, 4) is 40.0 Å². The average Bonchev–Trinajstić information content (AvgIpc) is 3.30. The van der Waals surface area contributed by atoms with Crippen LogP contribution in [0.1, 0.15) is 47.4 Å². The largest absolute Gasteiger partial charge is 0.508 e. The second kappa shape index (κ2) is 10.4. The Hall–Kier alpha value is -3.87. The molecule has 4 rings (SSSR count). The molecule has 0 aliphatic carbocycles. The molecule has 9 heteroatoms. The van der Waals surface area contributed by atoms with Crippen LogP contribution in [0.4, 0.5) is 0 Å². The van der Waals surface area contributed by atoms with Crippen LogP contribution in [0.3, 0.4) is 0 Å². The number of carbonyl (C=O) groups is 1. The predicted molar refractivity (Wildman–Crippen MR) is 136 cm³/mol. The molecule has 36 heavy (non-hydrogen) atoms. The number of hydrogen-bond acceptors (Lipinski definition) is 8. The van der Waals surface area contributed by atoms with E-state index in [9.17, 15) is 20.3 Å². The molecule has 1 unspecified atom stereocenters. The minimum absolute atomic E-state index is 0.00842. The highest BCUT2D eigenvalue weighted by atomic mass is 16.5. The summed E-state index contributed by atoms with van der Waals surface area (Å²) in [5.41, 5.74) is 2.97. The molecule has 2 heterocycles. The lowest BCUT2D eigenvalue weighted by Gasteiger charge is -2.35. The number of aromatic nitrogens is 1. The number of carbonyl (C=O) groups excluding carboxylic acids is 1. The summed E-state index contributed by atoms with van der Waals surface area (Å²) in [4.78, 5) is 17.0. The Morgan fingerprint density at radius 3 is 2.36 bits per heavy atom. The van der Waals surface area contributed by atoms with Crippen molar-refractivity contribution in [2.75, 3.05) is 40.3 Å². The summed E-state index contributed by atoms with van der Waals surface area (Å²) in [6, 6.07) is 12.4. The van der Waals surface area contributed by atoms with Crippen molar-refractivity contribution in [2.45, 2.75) is 25.8 Å². The Morgan fingerprint density at radius 2 is 1.78 bits per heavy atom. The van der Waals surface area contributed by atoms with Gasteiger partial charge in [0.1, 0.15) is 17.5 Å². The predicted octanol–water partition coefficient (Wildman–Crippen LogP) is 3.71. The number of phenols is 2. The Morgan fingerprint density at radius 1 is 1.11 bits per heavy atom. The summed E-state index contributed by atoms with van der Waals surface area (Å²) < 4.78 is 5.60. The van der Waals surface area contributed by atoms with Crippen molar-refractivity contribution in [1.82, 2.24) is 20.3 Å². The van der Waals surface area contributed by atoms with Gasteiger partial charge in [-0.25, -0.2) is 0 Å². The zero-order valence-electron chi connectivity index (χ0n) is 20.9. The van der Waals surface area contributed by atoms with Crippen LogP contribution in [0.5, 0.6) is 11.5 Å². The van der Waals surface area contributed by atoms with Crippen LogP contribution in [-0.4, -0.2) is 71.4 Å². The van der Waals surface area contributed by atoms with E-state index in [1.807, 2.05) is 38.1 Å². The SMILES string of the molecule is CNC(=O)c1noc(-c2cc(C(C)C)c(O)cc2O)c1-c1ccc(C(C#N)N2CCN(C)CC2)cc1. The number of hydrogen-bond donors (Lipinski definition) is 3. The van der Waals surface area contributed by atoms with Crippen LogP contribution in [0.25, 0.3) is 22.5 Å². The smallest absolute Gasteiger partial charge is 0.273 e. The van der Waals surface area contributed by atoms with Gasteiger partial charge in [-0.05, 0) is 35.7 Å². The zero-order valence-corrected chi connectivity index (χ0v) is 20.9. The number of nitriles is 1. The van der Waals surface area contributed by atoms with E-state index in [1.165, 1.54) is 13.1 Å². The fourth-order valence-corrected chi connectivity index (χ4v) is 4.53. The Bertz CT molecular complexity index is 1280. The lowest BCUT2D eigenvalue weighted by Crippen LogP contribution is -2.45. The highest BCUT2D eigenvalue weighted by Crippen LogP contribution is 2.43. The van der Waals surface area contributed by atoms with E-state index >= 15 is 0 Å². The molecule has 1 aliphatic rings. The van der Waals surface area contributed by atoms with E-state index in [0.29, 0.717) is 22.3 Å². The second-order valence-electron chi connectivity index (χ2n) is 9.39. The number of amides is 1. The molecule has 1 saturated heterocycles. The van der Waals surface area contributed by atoms with Gasteiger partial charge in [-0.1, -0.05) is 43.3 Å². The summed E-state index contributed by atoms with van der Waals surface area (Å²) >= 11 is 0. The van der Waals surface area contributed by atoms with E-state index in [1.54, 1.807) is 6.07 Å². The molecular weight excluding hydrogens is 458 g/mol. The van der Waals surface area contributed by atoms with Gasteiger partial charge in [0.05, 0.1) is 17.2 Å². The van der Waals surface area contributed by atoms with Gasteiger partial charge < -0.3 is 25.0 Å². The maximum Gasteiger partial charge on any atom is 0.273 e. The van der Waals surface area contributed by atoms with Crippen LogP contribution < -0.4 is 5.32 Å². The third-order valence-corrected chi connectivity index (χ3v) is 6.69. The van der Waals surface area contributed by atoms with Gasteiger partial charge in [0.15, 0.2) is 11.5 Å². The van der Waals surface area contributed by atoms with Crippen LogP contribution in [-0.2, 0) is 0 Å². The molecule has 188 valence electrons. The topological polar surface area (TPSA) is 126 Å². The number of rotatable bonds is 6. The fraction of sp³-hybridized carbons (Fsp3) is 0.370. The molecule has 1 atom stereocenters. The highest BCUT2D eigenvalue weighted by molar-refractivity contribution is 6.02. The first-order valence-electron chi connectivity index (χ1n) is 12.0. The van der Waals surface area contributed by atoms with Crippen molar-refractivity contribution < 1.29 is 19.5 Å². The number of piperazine rings is 1. The molecule has 0 spiro atoms. The molecule has 2 aromatic carbocycles. The second-order valence-corrected chi connectivity index (χ2v) is 9.39. The summed E-state index contributed by atoms with van der Waals surface area (Å²) in [5.74, 6) is -0.426. The third kappa shape index (κ3) is 4.78. The lowest BCUT2D eigenvalue weighted by atomic mass is 9.93. The van der Waals surface area contributed by atoms with Crippen molar-refractivity contribution >= 4 is 5.91 Å². The van der Waals surface area contributed by atoms with E-state index in [4.69, 9.17) is 4.52 Å². The molecule has 3 aromatic rings. The standard InChI is InChI=1S/C27H31N5O4/c1-16(2)19-13-20(23(34)14-22(19)33)26-24(25(30-36-26)27(35)29-3)18-7-5-17(6-8-18)21(15-28)32-11-9-31(4)10-12-32/h5-8,13-14,16,21,33-34H,9-12H2,1-4H3,(H,29,35). The molecule has 1 aliphatic heterocycles. The van der Waals surface area contributed by atoms with Crippen LogP contribution in [0, 0.1) is 11.3 Å². The van der Waals surface area contributed by atoms with Gasteiger partial charge in [-0.2, -0.15) is 5.26 Å². The molecule has 9 nitrogen and oxygen atoms in total. The maximum absolute atomic E-state index is 12.6. The third-order valence-electron chi connectivity index (χ3n) is 6.69. The monoisotopic (exact) mass is 489 g/mol. The van der Waals surface area contributed by atoms with Gasteiger partial charge in [0.25, 0.3) is 5.91 Å². The summed E-state index contributed by atoms with van der Waals surface area (Å²) in [6.07, 6.45) is 0. The van der Waals surface area contributed by atoms with E-state index in [2.05, 4.69) is 33.4 Å². The summed E-state index contributed by atoms with van der Waals surface area (Å²) in [6.45, 7) is 7.29. The Kier molecular flexibility index (Phi) is 7.29. The molecular formula is C27H31N5O4. The number of phenolic OH excluding ortho intramolecular Hbond substituents is 2. The van der Waals surface area contributed by atoms with Gasteiger partial charge in [0.2, 0.25) is 0 Å². The zero-order chi connectivity index (χ0) is 26.0. The van der Waals surface area contributed by atoms with Crippen LogP contribution in [0.2, 0.25) is 0 Å². The molecule has 0 bridgehead atoms. The lowest BCUT2D eigenvalue weighted by molar-refractivity contribution is 0.0954. The van der Waals surface area contributed by atoms with Crippen LogP contribution >= 0.6 is 0 Å². The molecule has 0 radical (unpaired) electrons. The number of nitrogens with zero attached hydrogens (tertiary/aromatic N) is 4. The van der Waals surface area contributed by atoms with E-state index < -0.39 is 5.91 Å². The minimum atomic E-state index is -0.432. The normalized spacial score (nSPS) is 15.6. The average molecular weight is 490 g/mol. The first-order chi connectivity index (χ1) is 17.2. The molecule has 1 aromatic heterocycles. The quantitative estimate of drug-likeness (QED) is 0.478. The van der Waals surface area contributed by atoms with Crippen molar-refractivity contribution in [1.29, 1.82) is 5.26 Å². The summed E-state index contributed by atoms with van der Waals surface area (Å²) in [5, 5.41) is 37.4. The van der Waals surface area contributed by atoms with Gasteiger partial charge in [0, 0.05) is 39.3 Å². The summed E-state index contributed by atoms with van der Waals surface area (Å²) in [7, 11) is 3.58. The molecule has 0 saturated carbocycles. The van der Waals surface area contributed by atoms with Gasteiger partial charge in [-0.15, -0.1) is 0 Å². The first kappa shape index (κ1) is 25.2. The number of aromatic hydroxyl groups is 2. The first-order valence-corrected chi connectivity index (χ1v) is 12.0. The van der Waals surface area contributed by atoms with Gasteiger partial charge >= 0.3 is 0 Å².